The Labute approximate surface area is 100 Å². The minimum atomic E-state index is 0.0818. The third-order valence-electron chi connectivity index (χ3n) is 2.53. The lowest BCUT2D eigenvalue weighted by Gasteiger charge is -2.20. The summed E-state index contributed by atoms with van der Waals surface area (Å²) in [6.07, 6.45) is 1.05. The van der Waals surface area contributed by atoms with Gasteiger partial charge in [0.05, 0.1) is 0 Å². The van der Waals surface area contributed by atoms with Gasteiger partial charge in [-0.2, -0.15) is 0 Å². The standard InChI is InChI=1S/C11H19N3OS/c1-9(11(12)13-15)8-14(2)6-5-10-4-3-7-16-10/h3-4,7,9,15H,5-6,8H2,1-2H3,(H2,12,13). The van der Waals surface area contributed by atoms with Crippen molar-refractivity contribution >= 4 is 17.2 Å². The quantitative estimate of drug-likeness (QED) is 0.344. The molecule has 0 aliphatic rings. The van der Waals surface area contributed by atoms with Gasteiger partial charge in [0.15, 0.2) is 0 Å². The zero-order valence-electron chi connectivity index (χ0n) is 9.76. The third-order valence-corrected chi connectivity index (χ3v) is 3.46. The lowest BCUT2D eigenvalue weighted by molar-refractivity contribution is 0.297. The Morgan fingerprint density at radius 1 is 1.69 bits per heavy atom. The van der Waals surface area contributed by atoms with Crippen LogP contribution in [0.15, 0.2) is 22.7 Å². The van der Waals surface area contributed by atoms with E-state index in [0.29, 0.717) is 5.84 Å². The van der Waals surface area contributed by atoms with Gasteiger partial charge in [0, 0.05) is 23.9 Å². The van der Waals surface area contributed by atoms with Crippen molar-refractivity contribution in [3.63, 3.8) is 0 Å². The molecule has 0 amide bonds. The molecule has 5 heteroatoms. The summed E-state index contributed by atoms with van der Waals surface area (Å²) in [6.45, 7) is 3.75. The van der Waals surface area contributed by atoms with Gasteiger partial charge in [0.1, 0.15) is 5.84 Å². The number of hydrogen-bond acceptors (Lipinski definition) is 4. The molecule has 1 rings (SSSR count). The second-order valence-electron chi connectivity index (χ2n) is 4.02. The summed E-state index contributed by atoms with van der Waals surface area (Å²) in [5.74, 6) is 0.376. The lowest BCUT2D eigenvalue weighted by Crippen LogP contribution is -2.33. The fourth-order valence-electron chi connectivity index (χ4n) is 1.51. The van der Waals surface area contributed by atoms with Crippen molar-refractivity contribution in [1.29, 1.82) is 0 Å². The van der Waals surface area contributed by atoms with E-state index in [2.05, 4.69) is 34.6 Å². The molecule has 1 aromatic heterocycles. The van der Waals surface area contributed by atoms with Crippen LogP contribution in [0.25, 0.3) is 0 Å². The zero-order valence-corrected chi connectivity index (χ0v) is 10.6. The number of thiophene rings is 1. The van der Waals surface area contributed by atoms with Crippen molar-refractivity contribution < 1.29 is 5.21 Å². The average Bonchev–Trinajstić information content (AvgIpc) is 2.78. The summed E-state index contributed by atoms with van der Waals surface area (Å²) >= 11 is 1.78. The van der Waals surface area contributed by atoms with Gasteiger partial charge in [-0.05, 0) is 24.9 Å². The second kappa shape index (κ2) is 6.50. The van der Waals surface area contributed by atoms with E-state index in [9.17, 15) is 0 Å². The van der Waals surface area contributed by atoms with Crippen molar-refractivity contribution in [3.8, 4) is 0 Å². The molecule has 0 aromatic carbocycles. The number of oxime groups is 1. The molecule has 0 saturated heterocycles. The normalized spacial score (nSPS) is 14.3. The lowest BCUT2D eigenvalue weighted by atomic mass is 10.1. The van der Waals surface area contributed by atoms with Gasteiger partial charge in [-0.15, -0.1) is 11.3 Å². The van der Waals surface area contributed by atoms with Crippen molar-refractivity contribution in [3.05, 3.63) is 22.4 Å². The highest BCUT2D eigenvalue weighted by Gasteiger charge is 2.10. The Kier molecular flexibility index (Phi) is 5.28. The van der Waals surface area contributed by atoms with Crippen LogP contribution >= 0.6 is 11.3 Å². The smallest absolute Gasteiger partial charge is 0.143 e. The number of amidine groups is 1. The summed E-state index contributed by atoms with van der Waals surface area (Å²) < 4.78 is 0. The zero-order chi connectivity index (χ0) is 12.0. The molecular weight excluding hydrogens is 222 g/mol. The van der Waals surface area contributed by atoms with Crippen LogP contribution in [-0.4, -0.2) is 36.1 Å². The number of nitrogens with zero attached hydrogens (tertiary/aromatic N) is 2. The number of likely N-dealkylation sites (N-methyl/N-ethyl adjacent to an activating group) is 1. The van der Waals surface area contributed by atoms with E-state index in [1.807, 2.05) is 6.92 Å². The Morgan fingerprint density at radius 2 is 2.44 bits per heavy atom. The summed E-state index contributed by atoms with van der Waals surface area (Å²) in [5.41, 5.74) is 5.53. The maximum absolute atomic E-state index is 8.54. The molecule has 0 aliphatic heterocycles. The van der Waals surface area contributed by atoms with E-state index in [-0.39, 0.29) is 5.92 Å². The van der Waals surface area contributed by atoms with Crippen LogP contribution in [0, 0.1) is 5.92 Å². The predicted octanol–water partition coefficient (Wildman–Crippen LogP) is 1.60. The fourth-order valence-corrected chi connectivity index (χ4v) is 2.20. The van der Waals surface area contributed by atoms with Crippen LogP contribution < -0.4 is 5.73 Å². The molecule has 1 unspecified atom stereocenters. The molecule has 4 nitrogen and oxygen atoms in total. The summed E-state index contributed by atoms with van der Waals surface area (Å²) in [4.78, 5) is 3.59. The number of nitrogens with two attached hydrogens (primary N) is 1. The number of hydrogen-bond donors (Lipinski definition) is 2. The van der Waals surface area contributed by atoms with Gasteiger partial charge < -0.3 is 15.8 Å². The molecule has 0 bridgehead atoms. The molecule has 90 valence electrons. The van der Waals surface area contributed by atoms with Crippen molar-refractivity contribution in [2.45, 2.75) is 13.3 Å². The third kappa shape index (κ3) is 4.20. The molecule has 1 heterocycles. The van der Waals surface area contributed by atoms with Gasteiger partial charge in [0.2, 0.25) is 0 Å². The number of rotatable bonds is 6. The van der Waals surface area contributed by atoms with Gasteiger partial charge in [-0.25, -0.2) is 0 Å². The minimum Gasteiger partial charge on any atom is -0.409 e. The molecule has 1 aromatic rings. The van der Waals surface area contributed by atoms with Gasteiger partial charge in [0.25, 0.3) is 0 Å². The molecule has 3 N–H and O–H groups in total. The molecule has 0 fully saturated rings. The fraction of sp³-hybridized carbons (Fsp3) is 0.545. The van der Waals surface area contributed by atoms with Crippen LogP contribution in [0.1, 0.15) is 11.8 Å². The Balaban J connectivity index is 2.28. The summed E-state index contributed by atoms with van der Waals surface area (Å²) in [6, 6.07) is 4.21. The van der Waals surface area contributed by atoms with Crippen LogP contribution in [-0.2, 0) is 6.42 Å². The highest BCUT2D eigenvalue weighted by atomic mass is 32.1. The Morgan fingerprint density at radius 3 is 3.00 bits per heavy atom. The second-order valence-corrected chi connectivity index (χ2v) is 5.05. The Bertz CT molecular complexity index is 324. The van der Waals surface area contributed by atoms with Gasteiger partial charge in [-0.3, -0.25) is 0 Å². The van der Waals surface area contributed by atoms with E-state index in [1.165, 1.54) is 4.88 Å². The molecule has 0 radical (unpaired) electrons. The molecule has 0 aliphatic carbocycles. The van der Waals surface area contributed by atoms with Crippen LogP contribution in [0.4, 0.5) is 0 Å². The van der Waals surface area contributed by atoms with E-state index in [0.717, 1.165) is 19.5 Å². The largest absolute Gasteiger partial charge is 0.409 e. The highest BCUT2D eigenvalue weighted by Crippen LogP contribution is 2.09. The topological polar surface area (TPSA) is 61.8 Å². The first-order valence-corrected chi connectivity index (χ1v) is 6.19. The van der Waals surface area contributed by atoms with Crippen LogP contribution in [0.2, 0.25) is 0 Å². The Hall–Kier alpha value is -1.07. The van der Waals surface area contributed by atoms with E-state index in [4.69, 9.17) is 10.9 Å². The van der Waals surface area contributed by atoms with E-state index >= 15 is 0 Å². The summed E-state index contributed by atoms with van der Waals surface area (Å²) in [7, 11) is 2.05. The molecule has 0 saturated carbocycles. The van der Waals surface area contributed by atoms with Gasteiger partial charge >= 0.3 is 0 Å². The van der Waals surface area contributed by atoms with Crippen molar-refractivity contribution in [2.75, 3.05) is 20.1 Å². The first-order valence-electron chi connectivity index (χ1n) is 5.31. The summed E-state index contributed by atoms with van der Waals surface area (Å²) in [5, 5.41) is 13.7. The minimum absolute atomic E-state index is 0.0818. The highest BCUT2D eigenvalue weighted by molar-refractivity contribution is 7.09. The maximum atomic E-state index is 8.54. The van der Waals surface area contributed by atoms with Crippen molar-refractivity contribution in [2.24, 2.45) is 16.8 Å². The maximum Gasteiger partial charge on any atom is 0.143 e. The van der Waals surface area contributed by atoms with Crippen LogP contribution in [0.5, 0.6) is 0 Å². The average molecular weight is 241 g/mol. The SMILES string of the molecule is CC(CN(C)CCc1cccs1)C(N)=NO. The molecular formula is C11H19N3OS. The van der Waals surface area contributed by atoms with Gasteiger partial charge in [-0.1, -0.05) is 18.1 Å². The predicted molar refractivity (Wildman–Crippen MR) is 68.1 cm³/mol. The monoisotopic (exact) mass is 241 g/mol. The van der Waals surface area contributed by atoms with Crippen LogP contribution in [0.3, 0.4) is 0 Å². The van der Waals surface area contributed by atoms with E-state index in [1.54, 1.807) is 11.3 Å². The van der Waals surface area contributed by atoms with Crippen molar-refractivity contribution in [1.82, 2.24) is 4.90 Å². The molecule has 16 heavy (non-hydrogen) atoms. The molecule has 1 atom stereocenters. The first kappa shape index (κ1) is 13.0. The molecule has 0 spiro atoms. The first-order chi connectivity index (χ1) is 7.63. The van der Waals surface area contributed by atoms with E-state index < -0.39 is 0 Å².